The number of morpholine rings is 1. The number of quaternary nitrogens is 1. The first-order chi connectivity index (χ1) is 35.9. The van der Waals surface area contributed by atoms with E-state index < -0.39 is 47.3 Å². The summed E-state index contributed by atoms with van der Waals surface area (Å²) in [7, 11) is 1.48. The summed E-state index contributed by atoms with van der Waals surface area (Å²) in [5.74, 6) is -2.69. The van der Waals surface area contributed by atoms with Crippen LogP contribution in [-0.2, 0) is 69.1 Å². The van der Waals surface area contributed by atoms with Gasteiger partial charge in [-0.3, -0.25) is 28.8 Å². The Bertz CT molecular complexity index is 2560. The molecule has 0 bridgehead atoms. The van der Waals surface area contributed by atoms with Crippen LogP contribution < -0.4 is 20.1 Å². The van der Waals surface area contributed by atoms with Crippen molar-refractivity contribution in [2.24, 2.45) is 28.8 Å². The fraction of sp³-hybridized carbons (Fsp3) is 0.483. The van der Waals surface area contributed by atoms with Crippen molar-refractivity contribution in [2.75, 3.05) is 46.6 Å². The number of benzene rings is 4. The number of epoxide rings is 1. The molecule has 2 amide bonds. The number of hydrogen-bond acceptors (Lipinski definition) is 12. The van der Waals surface area contributed by atoms with Crippen molar-refractivity contribution in [3.05, 3.63) is 131 Å². The van der Waals surface area contributed by atoms with Gasteiger partial charge >= 0.3 is 5.97 Å². The zero-order valence-electron chi connectivity index (χ0n) is 44.8. The first-order valence-electron chi connectivity index (χ1n) is 26.4. The largest absolute Gasteiger partial charge is 0.485 e. The van der Waals surface area contributed by atoms with E-state index in [2.05, 4.69) is 15.8 Å². The van der Waals surface area contributed by atoms with Crippen molar-refractivity contribution in [3.8, 4) is 11.5 Å². The average Bonchev–Trinajstić information content (AvgIpc) is 4.14. The van der Waals surface area contributed by atoms with Gasteiger partial charge in [-0.05, 0) is 91.3 Å². The molecule has 0 aliphatic carbocycles. The maximum atomic E-state index is 14.7. The Labute approximate surface area is 442 Å². The summed E-state index contributed by atoms with van der Waals surface area (Å²) < 4.78 is 23.5. The fourth-order valence-electron chi connectivity index (χ4n) is 9.68. The molecule has 2 aliphatic rings. The van der Waals surface area contributed by atoms with Gasteiger partial charge in [0.1, 0.15) is 45.5 Å². The first-order valence-corrected chi connectivity index (χ1v) is 26.4. The highest BCUT2D eigenvalue weighted by atomic mass is 16.6. The summed E-state index contributed by atoms with van der Waals surface area (Å²) in [4.78, 5) is 88.8. The molecule has 75 heavy (non-hydrogen) atoms. The molecule has 0 unspecified atom stereocenters. The van der Waals surface area contributed by atoms with Gasteiger partial charge in [-0.2, -0.15) is 0 Å². The monoisotopic (exact) mass is 1030 g/mol. The maximum absolute atomic E-state index is 14.7. The Morgan fingerprint density at radius 2 is 1.33 bits per heavy atom. The minimum atomic E-state index is -0.942. The highest BCUT2D eigenvalue weighted by molar-refractivity contribution is 5.98. The second kappa shape index (κ2) is 27.8. The number of amides is 2. The van der Waals surface area contributed by atoms with E-state index in [9.17, 15) is 28.8 Å². The fourth-order valence-corrected chi connectivity index (χ4v) is 9.68. The molecule has 5 atom stereocenters. The molecule has 15 heteroatoms. The Balaban J connectivity index is 1.20. The molecule has 15 nitrogen and oxygen atoms in total. The topological polar surface area (TPSA) is 188 Å². The molecule has 2 heterocycles. The van der Waals surface area contributed by atoms with Crippen molar-refractivity contribution >= 4 is 41.3 Å². The van der Waals surface area contributed by atoms with Gasteiger partial charge in [-0.25, -0.2) is 0 Å². The van der Waals surface area contributed by atoms with E-state index in [1.807, 2.05) is 125 Å². The van der Waals surface area contributed by atoms with Crippen LogP contribution in [0.1, 0.15) is 101 Å². The van der Waals surface area contributed by atoms with Gasteiger partial charge in [0.2, 0.25) is 11.8 Å². The van der Waals surface area contributed by atoms with Gasteiger partial charge in [0.25, 0.3) is 0 Å². The van der Waals surface area contributed by atoms with Crippen LogP contribution in [0.3, 0.4) is 0 Å². The summed E-state index contributed by atoms with van der Waals surface area (Å²) >= 11 is 0. The number of carbonyl (C=O) groups excluding carboxylic acids is 6. The number of ether oxygens (including phenoxy) is 4. The van der Waals surface area contributed by atoms with Gasteiger partial charge in [0, 0.05) is 37.2 Å². The molecule has 0 saturated carbocycles. The molecule has 4 aromatic rings. The van der Waals surface area contributed by atoms with Gasteiger partial charge in [-0.15, -0.1) is 0 Å². The number of oxime groups is 1. The summed E-state index contributed by atoms with van der Waals surface area (Å²) in [6, 6.07) is 30.6. The van der Waals surface area contributed by atoms with E-state index in [1.54, 1.807) is 19.2 Å². The number of carbonyl (C=O) groups is 6. The SMILES string of the molecule is CO/N=C/c1ccc(COc2cc(C[N+]3(CC(=O)C[C@@H](CCc4ccccc4)C(=O)N[C@@H](CC(C)C)C(=O)C[C@@H](Cc4ccccc4)C(=O)N[C@@H](CC(C)C)C(=O)[C@@]4(C)CO4)CCOCC3)ccc2OC(C)=O)cc1. The number of rotatable bonds is 30. The van der Waals surface area contributed by atoms with Crippen LogP contribution in [0.25, 0.3) is 0 Å². The molecular weight excluding hydrogens is 953 g/mol. The molecule has 2 N–H and O–H groups in total. The second-order valence-corrected chi connectivity index (χ2v) is 21.3. The van der Waals surface area contributed by atoms with Crippen LogP contribution >= 0.6 is 0 Å². The highest BCUT2D eigenvalue weighted by Crippen LogP contribution is 2.33. The molecular formula is C60H77N4O11+. The number of esters is 1. The Hall–Kier alpha value is -6.55. The van der Waals surface area contributed by atoms with Gasteiger partial charge < -0.3 is 38.9 Å². The molecule has 2 fully saturated rings. The zero-order valence-corrected chi connectivity index (χ0v) is 44.8. The van der Waals surface area contributed by atoms with Gasteiger partial charge in [0.05, 0.1) is 38.1 Å². The van der Waals surface area contributed by atoms with E-state index in [-0.39, 0.29) is 67.3 Å². The normalized spacial score (nSPS) is 17.6. The zero-order chi connectivity index (χ0) is 54.0. The second-order valence-electron chi connectivity index (χ2n) is 21.3. The van der Waals surface area contributed by atoms with E-state index in [0.29, 0.717) is 75.4 Å². The summed E-state index contributed by atoms with van der Waals surface area (Å²) in [5, 5.41) is 9.91. The molecule has 0 spiro atoms. The van der Waals surface area contributed by atoms with Crippen LogP contribution in [0.4, 0.5) is 0 Å². The number of ketones is 3. The maximum Gasteiger partial charge on any atom is 0.308 e. The van der Waals surface area contributed by atoms with Crippen LogP contribution in [-0.4, -0.2) is 110 Å². The Kier molecular flexibility index (Phi) is 21.4. The van der Waals surface area contributed by atoms with Gasteiger partial charge in [0.15, 0.2) is 28.8 Å². The van der Waals surface area contributed by atoms with Crippen LogP contribution in [0.2, 0.25) is 0 Å². The summed E-state index contributed by atoms with van der Waals surface area (Å²) in [6.45, 7) is 14.0. The van der Waals surface area contributed by atoms with Crippen molar-refractivity contribution in [3.63, 3.8) is 0 Å². The van der Waals surface area contributed by atoms with E-state index >= 15 is 0 Å². The lowest BCUT2D eigenvalue weighted by molar-refractivity contribution is -0.940. The average molecular weight is 1030 g/mol. The third-order valence-electron chi connectivity index (χ3n) is 13.9. The Morgan fingerprint density at radius 1 is 0.733 bits per heavy atom. The third kappa shape index (κ3) is 18.4. The molecule has 0 aromatic heterocycles. The van der Waals surface area contributed by atoms with Gasteiger partial charge in [-0.1, -0.05) is 118 Å². The quantitative estimate of drug-likeness (QED) is 0.0129. The van der Waals surface area contributed by atoms with Crippen molar-refractivity contribution in [2.45, 2.75) is 117 Å². The van der Waals surface area contributed by atoms with Crippen molar-refractivity contribution < 1.29 is 57.0 Å². The lowest BCUT2D eigenvalue weighted by Crippen LogP contribution is -2.57. The minimum absolute atomic E-state index is 0.00489. The number of nitrogens with one attached hydrogen (secondary N) is 2. The summed E-state index contributed by atoms with van der Waals surface area (Å²) in [5.41, 5.74) is 3.54. The standard InChI is InChI=1S/C60H76N4O11/c1-41(2)30-52(54(67)35-50(32-45-16-12-9-13-17-45)59(70)63-53(31-42(3)4)57(68)60(6)40-74-60)62-58(69)49(24-22-44-14-10-8-11-15-44)34-51(66)38-64(26-28-72-29-27-64)37-48-23-25-55(75-43(5)65)56(33-48)73-39-47-20-18-46(19-21-47)36-61-71-7/h8-21,23,25,33,36,41-42,49-50,52-53H,22,24,26-32,34-35,37-40H2,1-7H3,(H-,62,63,69,70)/p+1/b61-36+/t49-,50-,52+,53+,60-/m1/s1. The van der Waals surface area contributed by atoms with E-state index in [4.69, 9.17) is 23.8 Å². The smallest absolute Gasteiger partial charge is 0.308 e. The van der Waals surface area contributed by atoms with Crippen molar-refractivity contribution in [1.29, 1.82) is 0 Å². The number of nitrogens with zero attached hydrogens (tertiary/aromatic N) is 2. The molecule has 6 rings (SSSR count). The highest BCUT2D eigenvalue weighted by Gasteiger charge is 2.50. The first kappa shape index (κ1) is 57.7. The molecule has 2 saturated heterocycles. The number of Topliss-reactive ketones (excluding diaryl/α,β-unsaturated/α-hetero) is 3. The number of hydrogen-bond donors (Lipinski definition) is 2. The molecule has 4 aromatic carbocycles. The molecule has 0 radical (unpaired) electrons. The lowest BCUT2D eigenvalue weighted by Gasteiger charge is -2.41. The van der Waals surface area contributed by atoms with Crippen LogP contribution in [0.15, 0.2) is 108 Å². The summed E-state index contributed by atoms with van der Waals surface area (Å²) in [6.07, 6.45) is 3.28. The van der Waals surface area contributed by atoms with Crippen LogP contribution in [0.5, 0.6) is 11.5 Å². The van der Waals surface area contributed by atoms with E-state index in [0.717, 1.165) is 27.8 Å². The predicted molar refractivity (Wildman–Crippen MR) is 286 cm³/mol. The third-order valence-corrected chi connectivity index (χ3v) is 13.9. The Morgan fingerprint density at radius 3 is 1.95 bits per heavy atom. The van der Waals surface area contributed by atoms with Crippen LogP contribution in [0, 0.1) is 23.7 Å². The van der Waals surface area contributed by atoms with E-state index in [1.165, 1.54) is 14.0 Å². The van der Waals surface area contributed by atoms with Crippen molar-refractivity contribution in [1.82, 2.24) is 10.6 Å². The molecule has 2 aliphatic heterocycles. The minimum Gasteiger partial charge on any atom is -0.485 e. The number of aryl methyl sites for hydroxylation is 1. The predicted octanol–water partition coefficient (Wildman–Crippen LogP) is 7.96. The lowest BCUT2D eigenvalue weighted by atomic mass is 9.87. The molecule has 402 valence electrons.